The van der Waals surface area contributed by atoms with Gasteiger partial charge in [0, 0.05) is 5.41 Å². The lowest BCUT2D eigenvalue weighted by Gasteiger charge is -2.49. The van der Waals surface area contributed by atoms with Crippen molar-refractivity contribution in [3.8, 4) is 5.75 Å². The van der Waals surface area contributed by atoms with Gasteiger partial charge in [-0.05, 0) is 79.2 Å². The van der Waals surface area contributed by atoms with Gasteiger partial charge in [0.25, 0.3) is 0 Å². The molecule has 3 aliphatic carbocycles. The van der Waals surface area contributed by atoms with Gasteiger partial charge in [-0.3, -0.25) is 0 Å². The summed E-state index contributed by atoms with van der Waals surface area (Å²) in [6, 6.07) is 6.71. The zero-order valence-corrected chi connectivity index (χ0v) is 14.6. The summed E-state index contributed by atoms with van der Waals surface area (Å²) in [7, 11) is 4.21. The van der Waals surface area contributed by atoms with Crippen LogP contribution >= 0.6 is 9.47 Å². The first-order valence-corrected chi connectivity index (χ1v) is 8.88. The van der Waals surface area contributed by atoms with E-state index in [0.29, 0.717) is 0 Å². The third-order valence-corrected chi connectivity index (χ3v) is 6.82. The summed E-state index contributed by atoms with van der Waals surface area (Å²) in [6.45, 7) is 2.42. The molecular weight excluding hydrogens is 291 g/mol. The Hall–Kier alpha value is -1.01. The zero-order valence-electron chi connectivity index (χ0n) is 13.5. The Morgan fingerprint density at radius 1 is 1.27 bits per heavy atom. The number of methoxy groups -OCH3 is 1. The molecular formula is C19H25O2P. The Bertz CT molecular complexity index is 624. The van der Waals surface area contributed by atoms with Gasteiger partial charge < -0.3 is 9.26 Å². The van der Waals surface area contributed by atoms with E-state index in [0.717, 1.165) is 23.5 Å². The molecule has 0 N–H and O–H groups in total. The molecule has 1 aromatic rings. The van der Waals surface area contributed by atoms with Gasteiger partial charge >= 0.3 is 0 Å². The molecule has 0 bridgehead atoms. The molecule has 1 aromatic carbocycles. The standard InChI is InChI=1S/C19H25O2P/c1-19-10-9-15-14-6-4-13(20-2)11-12(14)3-5-16(15)17(19)7-8-18(19)21-22/h4,6,8,11,15-17H,3,5,7,9-10,22H2,1-2H3. The van der Waals surface area contributed by atoms with Gasteiger partial charge in [0.15, 0.2) is 0 Å². The summed E-state index contributed by atoms with van der Waals surface area (Å²) in [5.41, 5.74) is 3.35. The van der Waals surface area contributed by atoms with Crippen molar-refractivity contribution in [2.24, 2.45) is 17.3 Å². The summed E-state index contributed by atoms with van der Waals surface area (Å²) >= 11 is 0. The van der Waals surface area contributed by atoms with Crippen LogP contribution in [0.5, 0.6) is 5.75 Å². The summed E-state index contributed by atoms with van der Waals surface area (Å²) in [5.74, 6) is 4.48. The topological polar surface area (TPSA) is 18.5 Å². The molecule has 0 saturated heterocycles. The number of allylic oxidation sites excluding steroid dienone is 2. The number of hydrogen-bond acceptors (Lipinski definition) is 2. The number of rotatable bonds is 2. The Morgan fingerprint density at radius 2 is 2.14 bits per heavy atom. The molecule has 22 heavy (non-hydrogen) atoms. The van der Waals surface area contributed by atoms with Gasteiger partial charge in [-0.25, -0.2) is 0 Å². The van der Waals surface area contributed by atoms with E-state index >= 15 is 0 Å². The highest BCUT2D eigenvalue weighted by Crippen LogP contribution is 2.61. The van der Waals surface area contributed by atoms with E-state index in [9.17, 15) is 0 Å². The molecule has 5 atom stereocenters. The number of hydrogen-bond donors (Lipinski definition) is 0. The van der Waals surface area contributed by atoms with Crippen molar-refractivity contribution in [1.29, 1.82) is 0 Å². The van der Waals surface area contributed by atoms with Crippen molar-refractivity contribution in [2.75, 3.05) is 7.11 Å². The third-order valence-electron chi connectivity index (χ3n) is 6.57. The molecule has 4 rings (SSSR count). The van der Waals surface area contributed by atoms with Crippen LogP contribution in [0, 0.1) is 17.3 Å². The quantitative estimate of drug-likeness (QED) is 0.726. The first-order chi connectivity index (χ1) is 10.7. The van der Waals surface area contributed by atoms with Gasteiger partial charge in [0.05, 0.1) is 16.6 Å². The predicted octanol–water partition coefficient (Wildman–Crippen LogP) is 4.85. The normalized spacial score (nSPS) is 36.0. The van der Waals surface area contributed by atoms with Crippen molar-refractivity contribution in [3.63, 3.8) is 0 Å². The van der Waals surface area contributed by atoms with Crippen LogP contribution in [0.1, 0.15) is 49.7 Å². The minimum absolute atomic E-state index is 0.257. The fraction of sp³-hybridized carbons (Fsp3) is 0.579. The first-order valence-electron chi connectivity index (χ1n) is 8.41. The number of ether oxygens (including phenoxy) is 1. The van der Waals surface area contributed by atoms with Crippen LogP contribution in [0.2, 0.25) is 0 Å². The Balaban J connectivity index is 1.67. The van der Waals surface area contributed by atoms with Gasteiger partial charge in [-0.1, -0.05) is 13.0 Å². The average Bonchev–Trinajstić information content (AvgIpc) is 2.90. The molecule has 5 unspecified atom stereocenters. The molecule has 2 nitrogen and oxygen atoms in total. The van der Waals surface area contributed by atoms with Gasteiger partial charge in [-0.2, -0.15) is 0 Å². The summed E-state index contributed by atoms with van der Waals surface area (Å²) in [6.07, 6.45) is 8.55. The average molecular weight is 316 g/mol. The van der Waals surface area contributed by atoms with Crippen LogP contribution in [0.4, 0.5) is 0 Å². The predicted molar refractivity (Wildman–Crippen MR) is 91.9 cm³/mol. The Morgan fingerprint density at radius 3 is 2.91 bits per heavy atom. The minimum Gasteiger partial charge on any atom is -0.497 e. The van der Waals surface area contributed by atoms with Crippen molar-refractivity contribution in [3.05, 3.63) is 41.2 Å². The van der Waals surface area contributed by atoms with Gasteiger partial charge in [0.2, 0.25) is 0 Å². The Labute approximate surface area is 135 Å². The van der Waals surface area contributed by atoms with Crippen LogP contribution in [-0.2, 0) is 10.9 Å². The van der Waals surface area contributed by atoms with Crippen molar-refractivity contribution < 1.29 is 9.26 Å². The van der Waals surface area contributed by atoms with Crippen LogP contribution in [0.15, 0.2) is 30.0 Å². The number of aryl methyl sites for hydroxylation is 1. The maximum absolute atomic E-state index is 5.62. The SMILES string of the molecule is COc1ccc2c(c1)CCC1C2CCC2(C)C(OP)=CCC12. The molecule has 0 aromatic heterocycles. The second-order valence-electron chi connectivity index (χ2n) is 7.36. The van der Waals surface area contributed by atoms with E-state index in [1.54, 1.807) is 12.7 Å². The number of fused-ring (bicyclic) bond motifs is 5. The molecule has 3 aliphatic rings. The van der Waals surface area contributed by atoms with E-state index in [1.807, 2.05) is 0 Å². The van der Waals surface area contributed by atoms with Crippen molar-refractivity contribution in [1.82, 2.24) is 0 Å². The Kier molecular flexibility index (Phi) is 3.49. The lowest BCUT2D eigenvalue weighted by Crippen LogP contribution is -2.41. The fourth-order valence-corrected chi connectivity index (χ4v) is 5.76. The van der Waals surface area contributed by atoms with Crippen LogP contribution < -0.4 is 4.74 Å². The van der Waals surface area contributed by atoms with E-state index in [4.69, 9.17) is 9.26 Å². The first kappa shape index (κ1) is 14.6. The van der Waals surface area contributed by atoms with E-state index < -0.39 is 0 Å². The molecule has 3 heteroatoms. The smallest absolute Gasteiger partial charge is 0.119 e. The fourth-order valence-electron chi connectivity index (χ4n) is 5.40. The summed E-state index contributed by atoms with van der Waals surface area (Å²) in [5, 5.41) is 0. The molecule has 0 radical (unpaired) electrons. The van der Waals surface area contributed by atoms with Crippen molar-refractivity contribution in [2.45, 2.75) is 44.9 Å². The molecule has 0 spiro atoms. The minimum atomic E-state index is 0.257. The third kappa shape index (κ3) is 1.96. The highest BCUT2D eigenvalue weighted by Gasteiger charge is 2.52. The van der Waals surface area contributed by atoms with Gasteiger partial charge in [0.1, 0.15) is 11.5 Å². The largest absolute Gasteiger partial charge is 0.497 e. The van der Waals surface area contributed by atoms with Crippen LogP contribution in [0.3, 0.4) is 0 Å². The van der Waals surface area contributed by atoms with Crippen molar-refractivity contribution >= 4 is 9.47 Å². The van der Waals surface area contributed by atoms with E-state index in [-0.39, 0.29) is 5.41 Å². The molecule has 1 saturated carbocycles. The molecule has 0 amide bonds. The molecule has 1 fully saturated rings. The molecule has 0 aliphatic heterocycles. The molecule has 118 valence electrons. The number of benzene rings is 1. The van der Waals surface area contributed by atoms with Gasteiger partial charge in [-0.15, -0.1) is 0 Å². The lowest BCUT2D eigenvalue weighted by molar-refractivity contribution is 0.0546. The van der Waals surface area contributed by atoms with Crippen LogP contribution in [0.25, 0.3) is 0 Å². The monoisotopic (exact) mass is 316 g/mol. The zero-order chi connectivity index (χ0) is 15.3. The van der Waals surface area contributed by atoms with E-state index in [2.05, 4.69) is 40.7 Å². The second kappa shape index (κ2) is 5.27. The highest BCUT2D eigenvalue weighted by molar-refractivity contribution is 7.10. The van der Waals surface area contributed by atoms with E-state index in [1.165, 1.54) is 43.4 Å². The lowest BCUT2D eigenvalue weighted by atomic mass is 9.55. The maximum Gasteiger partial charge on any atom is 0.119 e. The molecule has 0 heterocycles. The maximum atomic E-state index is 5.62. The van der Waals surface area contributed by atoms with Crippen LogP contribution in [-0.4, -0.2) is 7.11 Å². The summed E-state index contributed by atoms with van der Waals surface area (Å²) < 4.78 is 11.0. The second-order valence-corrected chi connectivity index (χ2v) is 7.59. The summed E-state index contributed by atoms with van der Waals surface area (Å²) in [4.78, 5) is 0. The highest BCUT2D eigenvalue weighted by atomic mass is 31.0.